The van der Waals surface area contributed by atoms with E-state index in [1.807, 2.05) is 6.07 Å². The van der Waals surface area contributed by atoms with Crippen LogP contribution in [0.2, 0.25) is 10.0 Å². The lowest BCUT2D eigenvalue weighted by Gasteiger charge is -2.09. The Morgan fingerprint density at radius 1 is 1.00 bits per heavy atom. The number of hydrogen-bond donors (Lipinski definition) is 2. The first-order chi connectivity index (χ1) is 9.88. The Hall–Kier alpha value is -1.11. The second-order valence-electron chi connectivity index (χ2n) is 4.50. The minimum Gasteiger partial charge on any atom is -0.309 e. The Balaban J connectivity index is 2.04. The molecule has 0 saturated heterocycles. The molecule has 0 radical (unpaired) electrons. The van der Waals surface area contributed by atoms with Gasteiger partial charge in [-0.05, 0) is 29.8 Å². The molecule has 0 saturated carbocycles. The maximum absolute atomic E-state index is 11.3. The van der Waals surface area contributed by atoms with Crippen LogP contribution in [0.15, 0.2) is 47.4 Å². The topological polar surface area (TPSA) is 72.2 Å². The predicted molar refractivity (Wildman–Crippen MR) is 84.8 cm³/mol. The maximum atomic E-state index is 11.3. The Morgan fingerprint density at radius 2 is 1.62 bits per heavy atom. The Labute approximate surface area is 133 Å². The summed E-state index contributed by atoms with van der Waals surface area (Å²) in [5.41, 5.74) is 1.62. The summed E-state index contributed by atoms with van der Waals surface area (Å²) >= 11 is 12.2. The smallest absolute Gasteiger partial charge is 0.238 e. The Bertz CT molecular complexity index is 728. The fourth-order valence-electron chi connectivity index (χ4n) is 1.87. The van der Waals surface area contributed by atoms with Gasteiger partial charge in [0.2, 0.25) is 10.0 Å². The summed E-state index contributed by atoms with van der Waals surface area (Å²) < 4.78 is 22.6. The van der Waals surface area contributed by atoms with Gasteiger partial charge in [0.05, 0.1) is 4.90 Å². The maximum Gasteiger partial charge on any atom is 0.238 e. The standard InChI is InChI=1S/C14H14Cl2N2O2S/c15-13-5-2-6-14(16)12(13)9-18-8-10-3-1-4-11(7-10)21(17,19)20/h1-7,18H,8-9H2,(H2,17,19,20). The highest BCUT2D eigenvalue weighted by molar-refractivity contribution is 7.89. The molecule has 3 N–H and O–H groups in total. The minimum absolute atomic E-state index is 0.0950. The van der Waals surface area contributed by atoms with E-state index in [0.29, 0.717) is 23.1 Å². The molecule has 4 nitrogen and oxygen atoms in total. The first-order valence-corrected chi connectivity index (χ1v) is 8.43. The number of nitrogens with one attached hydrogen (secondary N) is 1. The third-order valence-corrected chi connectivity index (χ3v) is 4.54. The average molecular weight is 345 g/mol. The third-order valence-electron chi connectivity index (χ3n) is 2.92. The lowest BCUT2D eigenvalue weighted by atomic mass is 10.2. The predicted octanol–water partition coefficient (Wildman–Crippen LogP) is 2.93. The zero-order valence-electron chi connectivity index (χ0n) is 11.0. The molecule has 0 bridgehead atoms. The molecule has 21 heavy (non-hydrogen) atoms. The van der Waals surface area contributed by atoms with Crippen LogP contribution < -0.4 is 10.5 Å². The number of nitrogens with two attached hydrogens (primary N) is 1. The van der Waals surface area contributed by atoms with Crippen LogP contribution in [-0.2, 0) is 23.1 Å². The van der Waals surface area contributed by atoms with Crippen LogP contribution in [0.1, 0.15) is 11.1 Å². The molecule has 0 heterocycles. The second-order valence-corrected chi connectivity index (χ2v) is 6.87. The van der Waals surface area contributed by atoms with E-state index in [2.05, 4.69) is 5.32 Å². The summed E-state index contributed by atoms with van der Waals surface area (Å²) in [7, 11) is -3.69. The molecule has 2 rings (SSSR count). The molecule has 2 aromatic rings. The van der Waals surface area contributed by atoms with Crippen LogP contribution in [0.4, 0.5) is 0 Å². The highest BCUT2D eigenvalue weighted by Gasteiger charge is 2.08. The van der Waals surface area contributed by atoms with E-state index in [4.69, 9.17) is 28.3 Å². The molecule has 0 unspecified atom stereocenters. The van der Waals surface area contributed by atoms with Gasteiger partial charge in [-0.25, -0.2) is 13.6 Å². The van der Waals surface area contributed by atoms with Crippen LogP contribution in [0.3, 0.4) is 0 Å². The van der Waals surface area contributed by atoms with E-state index in [1.54, 1.807) is 24.3 Å². The van der Waals surface area contributed by atoms with E-state index < -0.39 is 10.0 Å². The van der Waals surface area contributed by atoms with Crippen molar-refractivity contribution in [3.63, 3.8) is 0 Å². The van der Waals surface area contributed by atoms with E-state index >= 15 is 0 Å². The van der Waals surface area contributed by atoms with E-state index in [0.717, 1.165) is 11.1 Å². The Morgan fingerprint density at radius 3 is 2.24 bits per heavy atom. The van der Waals surface area contributed by atoms with Crippen molar-refractivity contribution in [2.75, 3.05) is 0 Å². The molecule has 0 aromatic heterocycles. The summed E-state index contributed by atoms with van der Waals surface area (Å²) in [5, 5.41) is 9.46. The normalized spacial score (nSPS) is 11.6. The molecule has 112 valence electrons. The summed E-state index contributed by atoms with van der Waals surface area (Å²) in [6.07, 6.45) is 0. The van der Waals surface area contributed by atoms with Crippen molar-refractivity contribution in [3.05, 3.63) is 63.6 Å². The Kier molecular flexibility index (Phi) is 5.24. The molecular formula is C14H14Cl2N2O2S. The van der Waals surface area contributed by atoms with Gasteiger partial charge in [-0.3, -0.25) is 0 Å². The lowest BCUT2D eigenvalue weighted by Crippen LogP contribution is -2.15. The van der Waals surface area contributed by atoms with Gasteiger partial charge in [-0.15, -0.1) is 0 Å². The highest BCUT2D eigenvalue weighted by atomic mass is 35.5. The molecule has 0 aliphatic heterocycles. The quantitative estimate of drug-likeness (QED) is 0.875. The molecule has 7 heteroatoms. The molecule has 0 spiro atoms. The van der Waals surface area contributed by atoms with Gasteiger partial charge in [0.1, 0.15) is 0 Å². The number of hydrogen-bond acceptors (Lipinski definition) is 3. The first-order valence-electron chi connectivity index (χ1n) is 6.13. The van der Waals surface area contributed by atoms with Crippen molar-refractivity contribution in [2.24, 2.45) is 5.14 Å². The van der Waals surface area contributed by atoms with Crippen LogP contribution in [0.5, 0.6) is 0 Å². The fourth-order valence-corrected chi connectivity index (χ4v) is 2.98. The van der Waals surface area contributed by atoms with Crippen molar-refractivity contribution in [1.82, 2.24) is 5.32 Å². The summed E-state index contributed by atoms with van der Waals surface area (Å²) in [4.78, 5) is 0.0950. The largest absolute Gasteiger partial charge is 0.309 e. The lowest BCUT2D eigenvalue weighted by molar-refractivity contribution is 0.597. The van der Waals surface area contributed by atoms with Gasteiger partial charge < -0.3 is 5.32 Å². The number of benzene rings is 2. The zero-order chi connectivity index (χ0) is 15.5. The van der Waals surface area contributed by atoms with Gasteiger partial charge >= 0.3 is 0 Å². The molecular weight excluding hydrogens is 331 g/mol. The molecule has 0 atom stereocenters. The van der Waals surface area contributed by atoms with Crippen molar-refractivity contribution >= 4 is 33.2 Å². The number of primary sulfonamides is 1. The van der Waals surface area contributed by atoms with Crippen LogP contribution in [-0.4, -0.2) is 8.42 Å². The summed E-state index contributed by atoms with van der Waals surface area (Å²) in [6.45, 7) is 0.961. The number of rotatable bonds is 5. The minimum atomic E-state index is -3.69. The summed E-state index contributed by atoms with van der Waals surface area (Å²) in [5.74, 6) is 0. The second kappa shape index (κ2) is 6.77. The monoisotopic (exact) mass is 344 g/mol. The molecule has 2 aromatic carbocycles. The number of halogens is 2. The van der Waals surface area contributed by atoms with E-state index in [9.17, 15) is 8.42 Å². The van der Waals surface area contributed by atoms with Gasteiger partial charge in [-0.2, -0.15) is 0 Å². The van der Waals surface area contributed by atoms with Crippen molar-refractivity contribution < 1.29 is 8.42 Å². The van der Waals surface area contributed by atoms with Gasteiger partial charge in [0.15, 0.2) is 0 Å². The van der Waals surface area contributed by atoms with E-state index in [-0.39, 0.29) is 4.90 Å². The van der Waals surface area contributed by atoms with Crippen molar-refractivity contribution in [2.45, 2.75) is 18.0 Å². The average Bonchev–Trinajstić information content (AvgIpc) is 2.41. The van der Waals surface area contributed by atoms with Gasteiger partial charge in [0, 0.05) is 28.7 Å². The molecule has 0 amide bonds. The highest BCUT2D eigenvalue weighted by Crippen LogP contribution is 2.24. The summed E-state index contributed by atoms with van der Waals surface area (Å²) in [6, 6.07) is 11.8. The first kappa shape index (κ1) is 16.3. The van der Waals surface area contributed by atoms with Crippen LogP contribution in [0, 0.1) is 0 Å². The van der Waals surface area contributed by atoms with E-state index in [1.165, 1.54) is 12.1 Å². The zero-order valence-corrected chi connectivity index (χ0v) is 13.3. The van der Waals surface area contributed by atoms with Gasteiger partial charge in [-0.1, -0.05) is 41.4 Å². The van der Waals surface area contributed by atoms with Crippen LogP contribution >= 0.6 is 23.2 Å². The molecule has 0 aliphatic carbocycles. The van der Waals surface area contributed by atoms with Crippen LogP contribution in [0.25, 0.3) is 0 Å². The van der Waals surface area contributed by atoms with Crippen molar-refractivity contribution in [3.8, 4) is 0 Å². The third kappa shape index (κ3) is 4.43. The molecule has 0 fully saturated rings. The SMILES string of the molecule is NS(=O)(=O)c1cccc(CNCc2c(Cl)cccc2Cl)c1. The van der Waals surface area contributed by atoms with Crippen molar-refractivity contribution in [1.29, 1.82) is 0 Å². The number of sulfonamides is 1. The molecule has 0 aliphatic rings. The fraction of sp³-hybridized carbons (Fsp3) is 0.143. The van der Waals surface area contributed by atoms with Gasteiger partial charge in [0.25, 0.3) is 0 Å².